The van der Waals surface area contributed by atoms with Gasteiger partial charge in [0.25, 0.3) is 0 Å². The molecule has 0 aliphatic rings. The van der Waals surface area contributed by atoms with Crippen LogP contribution in [0.2, 0.25) is 0 Å². The summed E-state index contributed by atoms with van der Waals surface area (Å²) in [5.74, 6) is 0.553. The van der Waals surface area contributed by atoms with Crippen LogP contribution in [0.25, 0.3) is 0 Å². The number of nitrogens with two attached hydrogens (primary N) is 1. The largest absolute Gasteiger partial charge is 0.490 e. The Morgan fingerprint density at radius 3 is 2.69 bits per heavy atom. The molecule has 0 radical (unpaired) electrons. The third-order valence-corrected chi connectivity index (χ3v) is 1.53. The molecule has 0 aliphatic carbocycles. The Kier molecular flexibility index (Phi) is 2.76. The van der Waals surface area contributed by atoms with E-state index in [1.54, 1.807) is 18.2 Å². The van der Waals surface area contributed by atoms with E-state index >= 15 is 0 Å². The van der Waals surface area contributed by atoms with Gasteiger partial charge in [-0.15, -0.1) is 0 Å². The molecule has 1 aromatic rings. The van der Waals surface area contributed by atoms with Crippen LogP contribution in [0.5, 0.6) is 5.75 Å². The third kappa shape index (κ3) is 2.12. The number of anilines is 1. The highest BCUT2D eigenvalue weighted by atomic mass is 16.5. The summed E-state index contributed by atoms with van der Waals surface area (Å²) in [6, 6.07) is 7.22. The van der Waals surface area contributed by atoms with Crippen molar-refractivity contribution in [2.45, 2.75) is 20.0 Å². The van der Waals surface area contributed by atoms with Gasteiger partial charge in [-0.1, -0.05) is 6.07 Å². The number of rotatable bonds is 2. The van der Waals surface area contributed by atoms with Crippen LogP contribution in [0.1, 0.15) is 19.4 Å². The van der Waals surface area contributed by atoms with E-state index in [-0.39, 0.29) is 6.10 Å². The van der Waals surface area contributed by atoms with Gasteiger partial charge in [0.2, 0.25) is 0 Å². The minimum Gasteiger partial charge on any atom is -0.490 e. The number of hydrogen-bond acceptors (Lipinski definition) is 3. The molecular weight excluding hydrogens is 164 g/mol. The topological polar surface area (TPSA) is 59.0 Å². The molecule has 1 rings (SSSR count). The van der Waals surface area contributed by atoms with Crippen LogP contribution in [0.15, 0.2) is 18.2 Å². The molecule has 0 unspecified atom stereocenters. The first-order chi connectivity index (χ1) is 6.15. The first-order valence-electron chi connectivity index (χ1n) is 4.10. The van der Waals surface area contributed by atoms with E-state index in [9.17, 15) is 0 Å². The van der Waals surface area contributed by atoms with E-state index < -0.39 is 0 Å². The van der Waals surface area contributed by atoms with Gasteiger partial charge >= 0.3 is 0 Å². The average Bonchev–Trinajstić information content (AvgIpc) is 2.03. The van der Waals surface area contributed by atoms with E-state index in [4.69, 9.17) is 15.7 Å². The first kappa shape index (κ1) is 9.40. The Morgan fingerprint density at radius 2 is 2.15 bits per heavy atom. The quantitative estimate of drug-likeness (QED) is 0.700. The maximum atomic E-state index is 8.80. The zero-order chi connectivity index (χ0) is 9.84. The van der Waals surface area contributed by atoms with Crippen molar-refractivity contribution in [2.75, 3.05) is 5.73 Å². The molecule has 0 aliphatic heterocycles. The Morgan fingerprint density at radius 1 is 1.46 bits per heavy atom. The van der Waals surface area contributed by atoms with Gasteiger partial charge in [-0.3, -0.25) is 0 Å². The van der Waals surface area contributed by atoms with Crippen LogP contribution in [-0.4, -0.2) is 6.10 Å². The zero-order valence-electron chi connectivity index (χ0n) is 7.74. The molecule has 0 amide bonds. The second-order valence-corrected chi connectivity index (χ2v) is 3.00. The van der Waals surface area contributed by atoms with Gasteiger partial charge in [-0.05, 0) is 26.0 Å². The van der Waals surface area contributed by atoms with Crippen LogP contribution in [0, 0.1) is 11.3 Å². The number of nitrogen functional groups attached to an aromatic ring is 1. The van der Waals surface area contributed by atoms with Crippen LogP contribution in [0.3, 0.4) is 0 Å². The van der Waals surface area contributed by atoms with E-state index in [1.807, 2.05) is 19.9 Å². The fraction of sp³-hybridized carbons (Fsp3) is 0.300. The lowest BCUT2D eigenvalue weighted by Crippen LogP contribution is -2.07. The molecule has 13 heavy (non-hydrogen) atoms. The maximum absolute atomic E-state index is 8.80. The smallest absolute Gasteiger partial charge is 0.139 e. The molecule has 1 aromatic carbocycles. The van der Waals surface area contributed by atoms with Crippen molar-refractivity contribution in [3.63, 3.8) is 0 Å². The highest BCUT2D eigenvalue weighted by Gasteiger charge is 2.07. The van der Waals surface area contributed by atoms with Crippen molar-refractivity contribution < 1.29 is 4.74 Å². The molecule has 0 saturated carbocycles. The minimum atomic E-state index is 0.0499. The zero-order valence-corrected chi connectivity index (χ0v) is 7.74. The van der Waals surface area contributed by atoms with E-state index in [2.05, 4.69) is 0 Å². The molecule has 0 spiro atoms. The summed E-state index contributed by atoms with van der Waals surface area (Å²) in [4.78, 5) is 0. The highest BCUT2D eigenvalue weighted by molar-refractivity contribution is 5.60. The highest BCUT2D eigenvalue weighted by Crippen LogP contribution is 2.23. The molecule has 0 saturated heterocycles. The lowest BCUT2D eigenvalue weighted by Gasteiger charge is -2.11. The van der Waals surface area contributed by atoms with Gasteiger partial charge in [-0.2, -0.15) is 5.26 Å². The predicted molar refractivity (Wildman–Crippen MR) is 51.3 cm³/mol. The van der Waals surface area contributed by atoms with Crippen LogP contribution >= 0.6 is 0 Å². The lowest BCUT2D eigenvalue weighted by molar-refractivity contribution is 0.242. The summed E-state index contributed by atoms with van der Waals surface area (Å²) in [5.41, 5.74) is 6.48. The first-order valence-corrected chi connectivity index (χ1v) is 4.10. The second-order valence-electron chi connectivity index (χ2n) is 3.00. The van der Waals surface area contributed by atoms with Crippen LogP contribution < -0.4 is 10.5 Å². The number of benzene rings is 1. The molecule has 3 nitrogen and oxygen atoms in total. The third-order valence-electron chi connectivity index (χ3n) is 1.53. The molecule has 0 aromatic heterocycles. The molecule has 0 fully saturated rings. The summed E-state index contributed by atoms with van der Waals surface area (Å²) in [6.07, 6.45) is 0.0499. The predicted octanol–water partition coefficient (Wildman–Crippen LogP) is 1.93. The van der Waals surface area contributed by atoms with Gasteiger partial charge < -0.3 is 10.5 Å². The molecule has 3 heteroatoms. The number of nitriles is 1. The number of ether oxygens (including phenoxy) is 1. The fourth-order valence-corrected chi connectivity index (χ4v) is 1.02. The van der Waals surface area contributed by atoms with Crippen molar-refractivity contribution in [3.8, 4) is 11.8 Å². The molecule has 2 N–H and O–H groups in total. The van der Waals surface area contributed by atoms with Crippen LogP contribution in [-0.2, 0) is 0 Å². The second kappa shape index (κ2) is 3.81. The summed E-state index contributed by atoms with van der Waals surface area (Å²) in [7, 11) is 0. The fourth-order valence-electron chi connectivity index (χ4n) is 1.02. The standard InChI is InChI=1S/C10H12N2O/c1-7(2)13-10-5-3-4-9(12)8(10)6-11/h3-5,7H,12H2,1-2H3. The lowest BCUT2D eigenvalue weighted by atomic mass is 10.2. The molecule has 68 valence electrons. The summed E-state index contributed by atoms with van der Waals surface area (Å²) >= 11 is 0. The Labute approximate surface area is 77.7 Å². The molecule has 0 atom stereocenters. The van der Waals surface area contributed by atoms with Crippen LogP contribution in [0.4, 0.5) is 5.69 Å². The average molecular weight is 176 g/mol. The van der Waals surface area contributed by atoms with E-state index in [0.29, 0.717) is 17.0 Å². The van der Waals surface area contributed by atoms with Crippen molar-refractivity contribution in [3.05, 3.63) is 23.8 Å². The Bertz CT molecular complexity index is 339. The van der Waals surface area contributed by atoms with Gasteiger partial charge in [0.05, 0.1) is 11.8 Å². The normalized spacial score (nSPS) is 9.69. The number of nitrogens with zero attached hydrogens (tertiary/aromatic N) is 1. The van der Waals surface area contributed by atoms with Gasteiger partial charge in [0.15, 0.2) is 0 Å². The Balaban J connectivity index is 3.07. The summed E-state index contributed by atoms with van der Waals surface area (Å²) in [5, 5.41) is 8.80. The summed E-state index contributed by atoms with van der Waals surface area (Å²) < 4.78 is 5.41. The minimum absolute atomic E-state index is 0.0499. The maximum Gasteiger partial charge on any atom is 0.139 e. The van der Waals surface area contributed by atoms with Crippen molar-refractivity contribution in [2.24, 2.45) is 0 Å². The van der Waals surface area contributed by atoms with Crippen molar-refractivity contribution in [1.82, 2.24) is 0 Å². The van der Waals surface area contributed by atoms with Gasteiger partial charge in [0, 0.05) is 0 Å². The van der Waals surface area contributed by atoms with Crippen molar-refractivity contribution >= 4 is 5.69 Å². The van der Waals surface area contributed by atoms with E-state index in [0.717, 1.165) is 0 Å². The molecule has 0 heterocycles. The molecule has 0 bridgehead atoms. The SMILES string of the molecule is CC(C)Oc1cccc(N)c1C#N. The monoisotopic (exact) mass is 176 g/mol. The number of hydrogen-bond donors (Lipinski definition) is 1. The van der Waals surface area contributed by atoms with E-state index in [1.165, 1.54) is 0 Å². The summed E-state index contributed by atoms with van der Waals surface area (Å²) in [6.45, 7) is 3.81. The molecular formula is C10H12N2O. The van der Waals surface area contributed by atoms with Gasteiger partial charge in [-0.25, -0.2) is 0 Å². The van der Waals surface area contributed by atoms with Gasteiger partial charge in [0.1, 0.15) is 17.4 Å². The Hall–Kier alpha value is -1.69. The van der Waals surface area contributed by atoms with Crippen molar-refractivity contribution in [1.29, 1.82) is 5.26 Å².